The van der Waals surface area contributed by atoms with Gasteiger partial charge in [-0.1, -0.05) is 48.8 Å². The molecule has 0 aliphatic carbocycles. The number of aliphatic imine (C=N–C) groups is 1. The highest BCUT2D eigenvalue weighted by Crippen LogP contribution is 2.36. The maximum Gasteiger partial charge on any atom is 0.106 e. The molecular formula is C20H24BrN4P. The quantitative estimate of drug-likeness (QED) is 0.415. The van der Waals surface area contributed by atoms with Crippen molar-refractivity contribution in [2.75, 3.05) is 44.8 Å². The average molecular weight is 431 g/mol. The number of nitrogens with zero attached hydrogens (tertiary/aromatic N) is 4. The minimum absolute atomic E-state index is 0.689. The fourth-order valence-corrected chi connectivity index (χ4v) is 5.08. The number of hydrogen-bond donors (Lipinski definition) is 0. The Hall–Kier alpha value is -1.26. The largest absolute Gasteiger partial charge is 0.304 e. The monoisotopic (exact) mass is 430 g/mol. The number of rotatable bonds is 2. The average Bonchev–Trinajstić information content (AvgIpc) is 2.65. The lowest BCUT2D eigenvalue weighted by atomic mass is 10.2. The second-order valence-corrected chi connectivity index (χ2v) is 9.15. The van der Waals surface area contributed by atoms with Crippen LogP contribution in [0.5, 0.6) is 0 Å². The van der Waals surface area contributed by atoms with Gasteiger partial charge in [0.05, 0.1) is 18.0 Å². The number of benzene rings is 2. The third-order valence-electron chi connectivity index (χ3n) is 5.03. The summed E-state index contributed by atoms with van der Waals surface area (Å²) in [5.41, 5.74) is 2.51. The predicted octanol–water partition coefficient (Wildman–Crippen LogP) is 3.15. The van der Waals surface area contributed by atoms with Crippen LogP contribution in [0.25, 0.3) is 0 Å². The zero-order chi connectivity index (χ0) is 18.1. The molecular weight excluding hydrogens is 407 g/mol. The van der Waals surface area contributed by atoms with E-state index in [0.29, 0.717) is 8.58 Å². The molecule has 0 bridgehead atoms. The molecule has 1 unspecified atom stereocenters. The molecule has 0 N–H and O–H groups in total. The summed E-state index contributed by atoms with van der Waals surface area (Å²) in [4.78, 5) is 12.1. The first kappa shape index (κ1) is 18.1. The van der Waals surface area contributed by atoms with Crippen molar-refractivity contribution < 1.29 is 0 Å². The van der Waals surface area contributed by atoms with E-state index in [-0.39, 0.29) is 0 Å². The second kappa shape index (κ2) is 7.77. The van der Waals surface area contributed by atoms with Crippen molar-refractivity contribution in [3.05, 3.63) is 46.9 Å². The molecule has 1 fully saturated rings. The molecule has 1 saturated heterocycles. The highest BCUT2D eigenvalue weighted by Gasteiger charge is 2.24. The highest BCUT2D eigenvalue weighted by atomic mass is 79.9. The fourth-order valence-electron chi connectivity index (χ4n) is 3.46. The van der Waals surface area contributed by atoms with E-state index in [1.54, 1.807) is 0 Å². The molecule has 2 heterocycles. The Labute approximate surface area is 165 Å². The normalized spacial score (nSPS) is 19.5. The van der Waals surface area contributed by atoms with Gasteiger partial charge in [-0.05, 0) is 32.2 Å². The maximum absolute atomic E-state index is 4.96. The van der Waals surface area contributed by atoms with Crippen molar-refractivity contribution in [3.63, 3.8) is 0 Å². The van der Waals surface area contributed by atoms with Gasteiger partial charge in [-0.2, -0.15) is 0 Å². The lowest BCUT2D eigenvalue weighted by molar-refractivity contribution is 0.158. The van der Waals surface area contributed by atoms with Crippen molar-refractivity contribution in [1.82, 2.24) is 9.80 Å². The molecule has 2 aliphatic rings. The summed E-state index contributed by atoms with van der Waals surface area (Å²) in [6.45, 7) is 7.33. The van der Waals surface area contributed by atoms with Crippen molar-refractivity contribution in [2.24, 2.45) is 4.99 Å². The predicted molar refractivity (Wildman–Crippen MR) is 117 cm³/mol. The van der Waals surface area contributed by atoms with Crippen LogP contribution in [-0.4, -0.2) is 55.5 Å². The summed E-state index contributed by atoms with van der Waals surface area (Å²) >= 11 is 3.64. The van der Waals surface area contributed by atoms with Crippen LogP contribution in [0.2, 0.25) is 0 Å². The van der Waals surface area contributed by atoms with Crippen molar-refractivity contribution in [3.8, 4) is 0 Å². The summed E-state index contributed by atoms with van der Waals surface area (Å²) in [6.07, 6.45) is 0. The minimum Gasteiger partial charge on any atom is -0.304 e. The summed E-state index contributed by atoms with van der Waals surface area (Å²) in [5, 5.41) is 2.76. The molecule has 0 amide bonds. The van der Waals surface area contributed by atoms with Crippen molar-refractivity contribution in [2.45, 2.75) is 6.92 Å². The lowest BCUT2D eigenvalue weighted by Gasteiger charge is -2.34. The van der Waals surface area contributed by atoms with E-state index in [1.807, 2.05) is 0 Å². The van der Waals surface area contributed by atoms with Gasteiger partial charge in [-0.15, -0.1) is 0 Å². The lowest BCUT2D eigenvalue weighted by Crippen LogP contribution is -2.44. The summed E-state index contributed by atoms with van der Waals surface area (Å²) in [6, 6.07) is 15.3. The van der Waals surface area contributed by atoms with E-state index in [2.05, 4.69) is 87.1 Å². The second-order valence-electron chi connectivity index (χ2n) is 6.91. The van der Waals surface area contributed by atoms with Gasteiger partial charge in [-0.3, -0.25) is 14.8 Å². The fraction of sp³-hybridized carbons (Fsp3) is 0.350. The van der Waals surface area contributed by atoms with Gasteiger partial charge in [0.1, 0.15) is 5.84 Å². The molecule has 2 aromatic carbocycles. The number of likely N-dealkylation sites (N-methyl/N-ethyl adjacent to an activating group) is 1. The summed E-state index contributed by atoms with van der Waals surface area (Å²) in [5.74, 6) is 1.06. The third kappa shape index (κ3) is 3.72. The molecule has 26 heavy (non-hydrogen) atoms. The Bertz CT molecular complexity index is 830. The van der Waals surface area contributed by atoms with Gasteiger partial charge in [0.15, 0.2) is 0 Å². The molecule has 2 aromatic rings. The van der Waals surface area contributed by atoms with Crippen LogP contribution in [-0.2, 0) is 0 Å². The first-order chi connectivity index (χ1) is 12.6. The van der Waals surface area contributed by atoms with Crippen LogP contribution in [0, 0.1) is 0 Å². The van der Waals surface area contributed by atoms with Crippen molar-refractivity contribution >= 4 is 52.3 Å². The van der Waals surface area contributed by atoms with Crippen LogP contribution in [0.15, 0.2) is 51.9 Å². The Balaban J connectivity index is 1.64. The molecule has 0 saturated carbocycles. The molecule has 0 aromatic heterocycles. The van der Waals surface area contributed by atoms with E-state index < -0.39 is 0 Å². The zero-order valence-electron chi connectivity index (χ0n) is 15.2. The van der Waals surface area contributed by atoms with Crippen LogP contribution in [0.4, 0.5) is 11.4 Å². The molecule has 1 atom stereocenters. The highest BCUT2D eigenvalue weighted by molar-refractivity contribution is 9.10. The maximum atomic E-state index is 4.96. The number of hydrogen-bond acceptors (Lipinski definition) is 3. The van der Waals surface area contributed by atoms with Crippen LogP contribution < -0.4 is 15.5 Å². The van der Waals surface area contributed by atoms with Crippen LogP contribution >= 0.6 is 24.5 Å². The Kier molecular flexibility index (Phi) is 5.42. The van der Waals surface area contributed by atoms with E-state index >= 15 is 0 Å². The molecule has 136 valence electrons. The molecule has 0 radical (unpaired) electrons. The number of anilines is 2. The number of para-hydroxylation sites is 1. The van der Waals surface area contributed by atoms with Gasteiger partial charge in [0.2, 0.25) is 0 Å². The molecule has 0 spiro atoms. The number of halogens is 1. The Morgan fingerprint density at radius 2 is 1.77 bits per heavy atom. The topological polar surface area (TPSA) is 22.1 Å². The number of piperazine rings is 1. The van der Waals surface area contributed by atoms with E-state index in [4.69, 9.17) is 4.99 Å². The molecule has 4 rings (SSSR count). The van der Waals surface area contributed by atoms with Crippen LogP contribution in [0.1, 0.15) is 6.92 Å². The summed E-state index contributed by atoms with van der Waals surface area (Å²) in [7, 11) is 2.88. The Morgan fingerprint density at radius 3 is 2.58 bits per heavy atom. The van der Waals surface area contributed by atoms with E-state index in [0.717, 1.165) is 43.2 Å². The SMILES string of the molecule is C/C(=N\CN1CCN(C)CC1)N1c2ccccc2Pc2ccc(Br)cc21. The Morgan fingerprint density at radius 1 is 1.04 bits per heavy atom. The number of amidine groups is 1. The molecule has 6 heteroatoms. The number of fused-ring (bicyclic) bond motifs is 2. The third-order valence-corrected chi connectivity index (χ3v) is 6.91. The molecule has 2 aliphatic heterocycles. The van der Waals surface area contributed by atoms with Gasteiger partial charge in [0, 0.05) is 41.3 Å². The first-order valence-electron chi connectivity index (χ1n) is 8.99. The van der Waals surface area contributed by atoms with E-state index in [9.17, 15) is 0 Å². The first-order valence-corrected chi connectivity index (χ1v) is 10.8. The standard InChI is InChI=1S/C20H24BrN4P/c1-15(22-14-24-11-9-23(2)10-12-24)25-17-5-3-4-6-19(17)26-20-8-7-16(21)13-18(20)25/h3-8,13,26H,9-12,14H2,1-2H3/b22-15+. The zero-order valence-corrected chi connectivity index (χ0v) is 17.8. The van der Waals surface area contributed by atoms with Gasteiger partial charge in [-0.25, -0.2) is 0 Å². The summed E-state index contributed by atoms with van der Waals surface area (Å²) < 4.78 is 1.11. The van der Waals surface area contributed by atoms with Gasteiger partial charge < -0.3 is 4.90 Å². The smallest absolute Gasteiger partial charge is 0.106 e. The minimum atomic E-state index is 0.689. The molecule has 4 nitrogen and oxygen atoms in total. The van der Waals surface area contributed by atoms with Crippen LogP contribution in [0.3, 0.4) is 0 Å². The van der Waals surface area contributed by atoms with E-state index in [1.165, 1.54) is 22.0 Å². The van der Waals surface area contributed by atoms with Crippen molar-refractivity contribution in [1.29, 1.82) is 0 Å². The van der Waals surface area contributed by atoms with Gasteiger partial charge in [0.25, 0.3) is 0 Å². The van der Waals surface area contributed by atoms with Gasteiger partial charge >= 0.3 is 0 Å².